The lowest BCUT2D eigenvalue weighted by atomic mass is 9.92. The largest absolute Gasteiger partial charge is 0.379 e. The van der Waals surface area contributed by atoms with E-state index in [4.69, 9.17) is 4.74 Å². The molecule has 2 N–H and O–H groups in total. The van der Waals surface area contributed by atoms with E-state index in [1.807, 2.05) is 0 Å². The molecule has 0 aromatic carbocycles. The molecule has 0 aliphatic heterocycles. The van der Waals surface area contributed by atoms with Crippen LogP contribution in [0.2, 0.25) is 0 Å². The molecule has 0 heterocycles. The van der Waals surface area contributed by atoms with Crippen molar-refractivity contribution in [3.63, 3.8) is 0 Å². The Morgan fingerprint density at radius 3 is 2.68 bits per heavy atom. The summed E-state index contributed by atoms with van der Waals surface area (Å²) >= 11 is 0. The van der Waals surface area contributed by atoms with Crippen molar-refractivity contribution in [3.05, 3.63) is 0 Å². The van der Waals surface area contributed by atoms with E-state index >= 15 is 0 Å². The van der Waals surface area contributed by atoms with Crippen molar-refractivity contribution in [3.8, 4) is 0 Å². The molecule has 0 aromatic rings. The fourth-order valence-corrected chi connectivity index (χ4v) is 2.37. The monoisotopic (exact) mass is 271 g/mol. The van der Waals surface area contributed by atoms with Crippen molar-refractivity contribution in [2.24, 2.45) is 0 Å². The second kappa shape index (κ2) is 8.38. The molecule has 1 fully saturated rings. The van der Waals surface area contributed by atoms with Crippen molar-refractivity contribution in [1.82, 2.24) is 15.5 Å². The summed E-state index contributed by atoms with van der Waals surface area (Å²) in [5, 5.41) is 5.94. The molecule has 2 unspecified atom stereocenters. The van der Waals surface area contributed by atoms with Crippen LogP contribution >= 0.6 is 0 Å². The van der Waals surface area contributed by atoms with Gasteiger partial charge in [0.1, 0.15) is 0 Å². The number of urea groups is 1. The van der Waals surface area contributed by atoms with E-state index in [0.29, 0.717) is 12.6 Å². The first kappa shape index (κ1) is 16.2. The second-order valence-corrected chi connectivity index (χ2v) is 5.64. The van der Waals surface area contributed by atoms with Crippen LogP contribution in [0, 0.1) is 0 Å². The molecule has 1 saturated carbocycles. The standard InChI is InChI=1S/C14H29N3O2/c1-11(2)17(3)10-9-15-14(18)16-12-7-5-6-8-13(12)19-4/h11-13H,5-10H2,1-4H3,(H2,15,16,18). The summed E-state index contributed by atoms with van der Waals surface area (Å²) in [6, 6.07) is 0.578. The molecule has 0 aromatic heterocycles. The average molecular weight is 271 g/mol. The predicted octanol–water partition coefficient (Wildman–Crippen LogP) is 1.58. The molecule has 1 aliphatic carbocycles. The van der Waals surface area contributed by atoms with Crippen LogP contribution in [0.25, 0.3) is 0 Å². The fourth-order valence-electron chi connectivity index (χ4n) is 2.37. The smallest absolute Gasteiger partial charge is 0.315 e. The fraction of sp³-hybridized carbons (Fsp3) is 0.929. The summed E-state index contributed by atoms with van der Waals surface area (Å²) < 4.78 is 5.43. The van der Waals surface area contributed by atoms with E-state index in [1.54, 1.807) is 7.11 Å². The van der Waals surface area contributed by atoms with Crippen molar-refractivity contribution in [2.75, 3.05) is 27.2 Å². The number of rotatable bonds is 6. The van der Waals surface area contributed by atoms with Crippen molar-refractivity contribution in [1.29, 1.82) is 0 Å². The van der Waals surface area contributed by atoms with Crippen molar-refractivity contribution < 1.29 is 9.53 Å². The zero-order chi connectivity index (χ0) is 14.3. The van der Waals surface area contributed by atoms with Crippen LogP contribution in [0.5, 0.6) is 0 Å². The summed E-state index contributed by atoms with van der Waals surface area (Å²) in [5.74, 6) is 0. The Morgan fingerprint density at radius 2 is 2.05 bits per heavy atom. The van der Waals surface area contributed by atoms with Gasteiger partial charge in [-0.25, -0.2) is 4.79 Å². The van der Waals surface area contributed by atoms with Gasteiger partial charge in [0.15, 0.2) is 0 Å². The second-order valence-electron chi connectivity index (χ2n) is 5.64. The van der Waals surface area contributed by atoms with Gasteiger partial charge < -0.3 is 20.3 Å². The highest BCUT2D eigenvalue weighted by molar-refractivity contribution is 5.74. The van der Waals surface area contributed by atoms with E-state index in [0.717, 1.165) is 19.4 Å². The Bertz CT molecular complexity index is 271. The molecule has 0 spiro atoms. The molecule has 19 heavy (non-hydrogen) atoms. The van der Waals surface area contributed by atoms with E-state index in [-0.39, 0.29) is 18.2 Å². The first-order valence-electron chi connectivity index (χ1n) is 7.32. The van der Waals surface area contributed by atoms with E-state index in [1.165, 1.54) is 12.8 Å². The van der Waals surface area contributed by atoms with E-state index in [9.17, 15) is 4.79 Å². The summed E-state index contributed by atoms with van der Waals surface area (Å²) in [7, 11) is 3.78. The molecule has 0 saturated heterocycles. The maximum absolute atomic E-state index is 11.8. The molecule has 2 atom stereocenters. The Labute approximate surface area is 117 Å². The number of hydrogen-bond donors (Lipinski definition) is 2. The van der Waals surface area contributed by atoms with Crippen LogP contribution < -0.4 is 10.6 Å². The molecular formula is C14H29N3O2. The number of hydrogen-bond acceptors (Lipinski definition) is 3. The van der Waals surface area contributed by atoms with Gasteiger partial charge >= 0.3 is 6.03 Å². The lowest BCUT2D eigenvalue weighted by Gasteiger charge is -2.31. The minimum Gasteiger partial charge on any atom is -0.379 e. The van der Waals surface area contributed by atoms with Gasteiger partial charge in [0, 0.05) is 26.2 Å². The Morgan fingerprint density at radius 1 is 1.37 bits per heavy atom. The first-order chi connectivity index (χ1) is 9.04. The van der Waals surface area contributed by atoms with Gasteiger partial charge in [-0.3, -0.25) is 0 Å². The van der Waals surface area contributed by atoms with Gasteiger partial charge in [0.05, 0.1) is 12.1 Å². The minimum absolute atomic E-state index is 0.0777. The van der Waals surface area contributed by atoms with Gasteiger partial charge in [-0.2, -0.15) is 0 Å². The molecule has 0 radical (unpaired) electrons. The Balaban J connectivity index is 2.22. The van der Waals surface area contributed by atoms with Gasteiger partial charge in [-0.05, 0) is 33.7 Å². The normalized spacial score (nSPS) is 23.7. The first-order valence-corrected chi connectivity index (χ1v) is 7.32. The lowest BCUT2D eigenvalue weighted by Crippen LogP contribution is -2.50. The molecule has 2 amide bonds. The van der Waals surface area contributed by atoms with Gasteiger partial charge in [0.2, 0.25) is 0 Å². The zero-order valence-corrected chi connectivity index (χ0v) is 12.7. The number of likely N-dealkylation sites (N-methyl/N-ethyl adjacent to an activating group) is 1. The van der Waals surface area contributed by atoms with Crippen LogP contribution in [0.1, 0.15) is 39.5 Å². The number of carbonyl (C=O) groups excluding carboxylic acids is 1. The van der Waals surface area contributed by atoms with E-state index < -0.39 is 0 Å². The summed E-state index contributed by atoms with van der Waals surface area (Å²) in [4.78, 5) is 14.0. The SMILES string of the molecule is COC1CCCCC1NC(=O)NCCN(C)C(C)C. The Hall–Kier alpha value is -0.810. The highest BCUT2D eigenvalue weighted by Gasteiger charge is 2.26. The predicted molar refractivity (Wildman–Crippen MR) is 77.4 cm³/mol. The van der Waals surface area contributed by atoms with E-state index in [2.05, 4.69) is 36.4 Å². The molecule has 112 valence electrons. The summed E-state index contributed by atoms with van der Waals surface area (Å²) in [5.41, 5.74) is 0. The maximum atomic E-state index is 11.8. The van der Waals surface area contributed by atoms with Crippen LogP contribution in [0.4, 0.5) is 4.79 Å². The molecule has 0 bridgehead atoms. The number of amides is 2. The molecule has 5 heteroatoms. The highest BCUT2D eigenvalue weighted by Crippen LogP contribution is 2.20. The number of carbonyl (C=O) groups is 1. The quantitative estimate of drug-likeness (QED) is 0.771. The van der Waals surface area contributed by atoms with Gasteiger partial charge in [-0.1, -0.05) is 12.8 Å². The van der Waals surface area contributed by atoms with Crippen molar-refractivity contribution in [2.45, 2.75) is 57.7 Å². The zero-order valence-electron chi connectivity index (χ0n) is 12.7. The Kier molecular flexibility index (Phi) is 7.16. The molecule has 1 rings (SSSR count). The number of nitrogens with one attached hydrogen (secondary N) is 2. The highest BCUT2D eigenvalue weighted by atomic mass is 16.5. The van der Waals surface area contributed by atoms with Gasteiger partial charge in [-0.15, -0.1) is 0 Å². The van der Waals surface area contributed by atoms with Crippen LogP contribution in [0.3, 0.4) is 0 Å². The third kappa shape index (κ3) is 5.78. The molecule has 5 nitrogen and oxygen atoms in total. The van der Waals surface area contributed by atoms with Crippen molar-refractivity contribution >= 4 is 6.03 Å². The van der Waals surface area contributed by atoms with Crippen LogP contribution in [0.15, 0.2) is 0 Å². The lowest BCUT2D eigenvalue weighted by molar-refractivity contribution is 0.0452. The summed E-state index contributed by atoms with van der Waals surface area (Å²) in [6.07, 6.45) is 4.58. The number of ether oxygens (including phenoxy) is 1. The molecule has 1 aliphatic rings. The maximum Gasteiger partial charge on any atom is 0.315 e. The van der Waals surface area contributed by atoms with Crippen LogP contribution in [-0.2, 0) is 4.74 Å². The van der Waals surface area contributed by atoms with Crippen LogP contribution in [-0.4, -0.2) is 56.4 Å². The number of methoxy groups -OCH3 is 1. The van der Waals surface area contributed by atoms with Gasteiger partial charge in [0.25, 0.3) is 0 Å². The topological polar surface area (TPSA) is 53.6 Å². The summed E-state index contributed by atoms with van der Waals surface area (Å²) in [6.45, 7) is 5.82. The number of nitrogens with zero attached hydrogens (tertiary/aromatic N) is 1. The third-order valence-electron chi connectivity index (χ3n) is 3.95. The minimum atomic E-state index is -0.0777. The third-order valence-corrected chi connectivity index (χ3v) is 3.95. The molecular weight excluding hydrogens is 242 g/mol. The average Bonchev–Trinajstić information content (AvgIpc) is 2.39.